The second kappa shape index (κ2) is 8.59. The summed E-state index contributed by atoms with van der Waals surface area (Å²) >= 11 is 6.05. The number of carbonyl (C=O) groups is 1. The number of halogens is 1. The molecule has 4 rings (SSSR count). The first-order valence-corrected chi connectivity index (χ1v) is 9.76. The molecule has 0 unspecified atom stereocenters. The zero-order chi connectivity index (χ0) is 19.3. The molecule has 2 aliphatic rings. The zero-order valence-electron chi connectivity index (χ0n) is 15.6. The molecular weight excluding hydrogens is 374 g/mol. The van der Waals surface area contributed by atoms with Gasteiger partial charge in [0.25, 0.3) is 0 Å². The summed E-state index contributed by atoms with van der Waals surface area (Å²) in [6.07, 6.45) is 9.17. The van der Waals surface area contributed by atoms with E-state index in [1.165, 1.54) is 5.56 Å². The molecule has 0 aliphatic carbocycles. The molecule has 2 aliphatic heterocycles. The molecule has 2 aromatic rings. The van der Waals surface area contributed by atoms with Gasteiger partial charge in [0.1, 0.15) is 12.4 Å². The van der Waals surface area contributed by atoms with Crippen molar-refractivity contribution in [2.24, 2.45) is 0 Å². The molecular formula is C22H22ClN3O2. The molecule has 1 amide bonds. The number of ether oxygens (including phenoxy) is 1. The lowest BCUT2D eigenvalue weighted by Gasteiger charge is -2.34. The van der Waals surface area contributed by atoms with E-state index < -0.39 is 0 Å². The fourth-order valence-electron chi connectivity index (χ4n) is 3.42. The highest BCUT2D eigenvalue weighted by atomic mass is 35.5. The van der Waals surface area contributed by atoms with E-state index in [0.717, 1.165) is 49.6 Å². The van der Waals surface area contributed by atoms with E-state index in [0.29, 0.717) is 11.6 Å². The van der Waals surface area contributed by atoms with Crippen molar-refractivity contribution in [1.82, 2.24) is 14.8 Å². The van der Waals surface area contributed by atoms with Crippen LogP contribution >= 0.6 is 11.6 Å². The number of hydrogen-bond donors (Lipinski definition) is 0. The Bertz CT molecular complexity index is 903. The molecule has 28 heavy (non-hydrogen) atoms. The molecule has 1 aromatic heterocycles. The monoisotopic (exact) mass is 395 g/mol. The molecule has 1 saturated heterocycles. The Morgan fingerprint density at radius 3 is 2.86 bits per heavy atom. The summed E-state index contributed by atoms with van der Waals surface area (Å²) in [5.41, 5.74) is 3.10. The maximum atomic E-state index is 12.5. The van der Waals surface area contributed by atoms with Gasteiger partial charge in [-0.05, 0) is 41.5 Å². The van der Waals surface area contributed by atoms with Crippen LogP contribution < -0.4 is 4.74 Å². The number of nitrogens with zero attached hydrogens (tertiary/aromatic N) is 3. The van der Waals surface area contributed by atoms with Crippen LogP contribution in [0.3, 0.4) is 0 Å². The lowest BCUT2D eigenvalue weighted by Crippen LogP contribution is -2.47. The SMILES string of the molecule is O=C(/C=C/C1=Cc2cc(Cl)ccc2OC1)N1CCN(Cc2cccnc2)CC1. The summed E-state index contributed by atoms with van der Waals surface area (Å²) in [6, 6.07) is 9.58. The molecule has 144 valence electrons. The van der Waals surface area contributed by atoms with Crippen molar-refractivity contribution in [2.75, 3.05) is 32.8 Å². The molecule has 0 saturated carbocycles. The summed E-state index contributed by atoms with van der Waals surface area (Å²) in [7, 11) is 0. The number of pyridine rings is 1. The first-order chi connectivity index (χ1) is 13.7. The van der Waals surface area contributed by atoms with E-state index >= 15 is 0 Å². The van der Waals surface area contributed by atoms with Crippen LogP contribution in [0, 0.1) is 0 Å². The van der Waals surface area contributed by atoms with Crippen molar-refractivity contribution < 1.29 is 9.53 Å². The summed E-state index contributed by atoms with van der Waals surface area (Å²) < 4.78 is 5.72. The third-order valence-corrected chi connectivity index (χ3v) is 5.20. The van der Waals surface area contributed by atoms with E-state index in [-0.39, 0.29) is 5.91 Å². The highest BCUT2D eigenvalue weighted by Gasteiger charge is 2.20. The quantitative estimate of drug-likeness (QED) is 0.744. The molecule has 1 fully saturated rings. The maximum Gasteiger partial charge on any atom is 0.246 e. The van der Waals surface area contributed by atoms with E-state index in [2.05, 4.69) is 16.0 Å². The predicted octanol–water partition coefficient (Wildman–Crippen LogP) is 3.41. The Labute approximate surface area is 169 Å². The second-order valence-corrected chi connectivity index (χ2v) is 7.42. The number of hydrogen-bond acceptors (Lipinski definition) is 4. The highest BCUT2D eigenvalue weighted by Crippen LogP contribution is 2.29. The van der Waals surface area contributed by atoms with E-state index in [9.17, 15) is 4.79 Å². The first-order valence-electron chi connectivity index (χ1n) is 9.38. The van der Waals surface area contributed by atoms with E-state index in [4.69, 9.17) is 16.3 Å². The Balaban J connectivity index is 1.31. The molecule has 6 heteroatoms. The number of amides is 1. The average Bonchev–Trinajstić information content (AvgIpc) is 2.73. The maximum absolute atomic E-state index is 12.5. The lowest BCUT2D eigenvalue weighted by atomic mass is 10.1. The number of carbonyl (C=O) groups excluding carboxylic acids is 1. The summed E-state index contributed by atoms with van der Waals surface area (Å²) in [5.74, 6) is 0.858. The van der Waals surface area contributed by atoms with Crippen LogP contribution in [-0.4, -0.2) is 53.5 Å². The van der Waals surface area contributed by atoms with Gasteiger partial charge in [-0.3, -0.25) is 14.7 Å². The number of benzene rings is 1. The first kappa shape index (κ1) is 18.7. The lowest BCUT2D eigenvalue weighted by molar-refractivity contribution is -0.127. The van der Waals surface area contributed by atoms with Crippen LogP contribution in [0.4, 0.5) is 0 Å². The minimum atomic E-state index is 0.0406. The van der Waals surface area contributed by atoms with Gasteiger partial charge in [-0.25, -0.2) is 0 Å². The van der Waals surface area contributed by atoms with Crippen molar-refractivity contribution in [3.8, 4) is 5.75 Å². The number of piperazine rings is 1. The normalized spacial score (nSPS) is 17.2. The standard InChI is InChI=1S/C22H22ClN3O2/c23-20-4-5-21-19(13-20)12-17(16-28-21)3-6-22(27)26-10-8-25(9-11-26)15-18-2-1-7-24-14-18/h1-7,12-14H,8-11,15-16H2/b6-3+. The number of fused-ring (bicyclic) bond motifs is 1. The second-order valence-electron chi connectivity index (χ2n) is 6.99. The van der Waals surface area contributed by atoms with Gasteiger partial charge in [0, 0.05) is 61.8 Å². The average molecular weight is 396 g/mol. The summed E-state index contributed by atoms with van der Waals surface area (Å²) in [6.45, 7) is 4.53. The van der Waals surface area contributed by atoms with Gasteiger partial charge in [0.15, 0.2) is 0 Å². The number of rotatable bonds is 4. The molecule has 0 radical (unpaired) electrons. The van der Waals surface area contributed by atoms with Crippen molar-refractivity contribution in [3.05, 3.63) is 76.6 Å². The van der Waals surface area contributed by atoms with Crippen molar-refractivity contribution in [1.29, 1.82) is 0 Å². The van der Waals surface area contributed by atoms with Gasteiger partial charge >= 0.3 is 0 Å². The Morgan fingerprint density at radius 2 is 2.07 bits per heavy atom. The largest absolute Gasteiger partial charge is 0.488 e. The van der Waals surface area contributed by atoms with Crippen LogP contribution in [0.25, 0.3) is 6.08 Å². The predicted molar refractivity (Wildman–Crippen MR) is 110 cm³/mol. The molecule has 1 aromatic carbocycles. The van der Waals surface area contributed by atoms with Gasteiger partial charge in [0.2, 0.25) is 5.91 Å². The topological polar surface area (TPSA) is 45.7 Å². The smallest absolute Gasteiger partial charge is 0.246 e. The minimum absolute atomic E-state index is 0.0406. The van der Waals surface area contributed by atoms with Gasteiger partial charge in [-0.1, -0.05) is 23.7 Å². The fourth-order valence-corrected chi connectivity index (χ4v) is 3.60. The van der Waals surface area contributed by atoms with Crippen molar-refractivity contribution in [3.63, 3.8) is 0 Å². The van der Waals surface area contributed by atoms with Crippen molar-refractivity contribution in [2.45, 2.75) is 6.54 Å². The molecule has 0 N–H and O–H groups in total. The van der Waals surface area contributed by atoms with Crippen LogP contribution in [0.15, 0.2) is 60.5 Å². The minimum Gasteiger partial charge on any atom is -0.488 e. The fraction of sp³-hybridized carbons (Fsp3) is 0.273. The van der Waals surface area contributed by atoms with E-state index in [1.807, 2.05) is 47.5 Å². The van der Waals surface area contributed by atoms with Crippen molar-refractivity contribution >= 4 is 23.6 Å². The zero-order valence-corrected chi connectivity index (χ0v) is 16.3. The van der Waals surface area contributed by atoms with Gasteiger partial charge in [0.05, 0.1) is 0 Å². The Morgan fingerprint density at radius 1 is 1.21 bits per heavy atom. The third kappa shape index (κ3) is 4.61. The molecule has 3 heterocycles. The van der Waals surface area contributed by atoms with Gasteiger partial charge < -0.3 is 9.64 Å². The van der Waals surface area contributed by atoms with Crippen LogP contribution in [0.1, 0.15) is 11.1 Å². The highest BCUT2D eigenvalue weighted by molar-refractivity contribution is 6.30. The van der Waals surface area contributed by atoms with Gasteiger partial charge in [-0.2, -0.15) is 0 Å². The molecule has 0 spiro atoms. The van der Waals surface area contributed by atoms with Crippen LogP contribution in [0.5, 0.6) is 5.75 Å². The number of aromatic nitrogens is 1. The Kier molecular flexibility index (Phi) is 5.74. The molecule has 0 atom stereocenters. The Hall–Kier alpha value is -2.63. The summed E-state index contributed by atoms with van der Waals surface area (Å²) in [5, 5.41) is 0.670. The van der Waals surface area contributed by atoms with Gasteiger partial charge in [-0.15, -0.1) is 0 Å². The molecule has 0 bridgehead atoms. The van der Waals surface area contributed by atoms with Crippen LogP contribution in [0.2, 0.25) is 5.02 Å². The summed E-state index contributed by atoms with van der Waals surface area (Å²) in [4.78, 5) is 20.9. The molecule has 5 nitrogen and oxygen atoms in total. The van der Waals surface area contributed by atoms with Crippen LogP contribution in [-0.2, 0) is 11.3 Å². The van der Waals surface area contributed by atoms with E-state index in [1.54, 1.807) is 12.3 Å². The third-order valence-electron chi connectivity index (χ3n) is 4.96.